The van der Waals surface area contributed by atoms with Crippen molar-refractivity contribution >= 4 is 11.8 Å². The number of unbranched alkanes of at least 4 members (excludes halogenated alkanes) is 5. The van der Waals surface area contributed by atoms with Gasteiger partial charge in [-0.15, -0.1) is 6.42 Å². The minimum absolute atomic E-state index is 0.199. The molecule has 146 valence electrons. The van der Waals surface area contributed by atoms with E-state index in [0.717, 1.165) is 44.9 Å². The van der Waals surface area contributed by atoms with E-state index in [1.807, 2.05) is 12.2 Å². The Labute approximate surface area is 160 Å². The molecular formula is C23H36O3. The van der Waals surface area contributed by atoms with E-state index in [4.69, 9.17) is 11.2 Å². The van der Waals surface area contributed by atoms with E-state index in [9.17, 15) is 9.59 Å². The molecule has 0 bridgehead atoms. The molecule has 26 heavy (non-hydrogen) atoms. The van der Waals surface area contributed by atoms with Crippen LogP contribution < -0.4 is 0 Å². The second-order valence-electron chi connectivity index (χ2n) is 7.72. The molecule has 0 amide bonds. The minimum Gasteiger partial charge on any atom is -0.442 e. The predicted octanol–water partition coefficient (Wildman–Crippen LogP) is 5.62. The molecule has 0 aromatic carbocycles. The standard InChI is InChI=1S/C23H36O3/c1-5-8-10-11-13-22(25)26-23(7-3,15-12-9-6-2)16-14-20-18-21(24)17-19(20)4/h3,14,16,19-20H,5-6,8-13,15,17-18H2,1-2,4H3/t19?,20?,23-/m0/s1. The van der Waals surface area contributed by atoms with Gasteiger partial charge in [0, 0.05) is 25.7 Å². The number of rotatable bonds is 12. The quantitative estimate of drug-likeness (QED) is 0.196. The largest absolute Gasteiger partial charge is 0.442 e. The van der Waals surface area contributed by atoms with E-state index in [1.165, 1.54) is 0 Å². The van der Waals surface area contributed by atoms with E-state index in [2.05, 4.69) is 26.7 Å². The topological polar surface area (TPSA) is 43.4 Å². The Kier molecular flexibility index (Phi) is 10.3. The molecule has 3 nitrogen and oxygen atoms in total. The molecule has 0 radical (unpaired) electrons. The average molecular weight is 361 g/mol. The molecule has 0 aliphatic heterocycles. The first-order valence-corrected chi connectivity index (χ1v) is 10.4. The molecule has 0 spiro atoms. The van der Waals surface area contributed by atoms with Gasteiger partial charge in [-0.25, -0.2) is 0 Å². The molecule has 1 aliphatic rings. The summed E-state index contributed by atoms with van der Waals surface area (Å²) in [5.41, 5.74) is -0.970. The Hall–Kier alpha value is -1.56. The van der Waals surface area contributed by atoms with Crippen LogP contribution in [0.5, 0.6) is 0 Å². The zero-order chi connectivity index (χ0) is 19.4. The van der Waals surface area contributed by atoms with Crippen LogP contribution in [0.2, 0.25) is 0 Å². The summed E-state index contributed by atoms with van der Waals surface area (Å²) >= 11 is 0. The third-order valence-corrected chi connectivity index (χ3v) is 5.28. The summed E-state index contributed by atoms with van der Waals surface area (Å²) in [5, 5.41) is 0. The number of hydrogen-bond acceptors (Lipinski definition) is 3. The maximum absolute atomic E-state index is 12.3. The Morgan fingerprint density at radius 2 is 1.88 bits per heavy atom. The molecule has 3 atom stereocenters. The van der Waals surface area contributed by atoms with Crippen molar-refractivity contribution in [2.45, 2.75) is 97.0 Å². The van der Waals surface area contributed by atoms with Crippen molar-refractivity contribution in [3.8, 4) is 12.3 Å². The van der Waals surface area contributed by atoms with Crippen LogP contribution in [-0.4, -0.2) is 17.4 Å². The maximum Gasteiger partial charge on any atom is 0.307 e. The summed E-state index contributed by atoms with van der Waals surface area (Å²) in [6.07, 6.45) is 19.2. The van der Waals surface area contributed by atoms with Gasteiger partial charge in [0.15, 0.2) is 5.60 Å². The molecule has 0 saturated heterocycles. The predicted molar refractivity (Wildman–Crippen MR) is 107 cm³/mol. The first-order valence-electron chi connectivity index (χ1n) is 10.4. The fourth-order valence-electron chi connectivity index (χ4n) is 3.50. The highest BCUT2D eigenvalue weighted by molar-refractivity contribution is 5.81. The molecule has 0 aromatic rings. The van der Waals surface area contributed by atoms with Crippen LogP contribution in [0.3, 0.4) is 0 Å². The van der Waals surface area contributed by atoms with E-state index in [1.54, 1.807) is 0 Å². The fraction of sp³-hybridized carbons (Fsp3) is 0.739. The summed E-state index contributed by atoms with van der Waals surface area (Å²) in [6.45, 7) is 6.38. The Bertz CT molecular complexity index is 514. The molecule has 0 N–H and O–H groups in total. The molecular weight excluding hydrogens is 324 g/mol. The lowest BCUT2D eigenvalue weighted by Gasteiger charge is -2.26. The van der Waals surface area contributed by atoms with Crippen molar-refractivity contribution in [3.05, 3.63) is 12.2 Å². The van der Waals surface area contributed by atoms with Crippen LogP contribution in [0.15, 0.2) is 12.2 Å². The number of esters is 1. The normalized spacial score (nSPS) is 22.3. The molecule has 1 saturated carbocycles. The maximum atomic E-state index is 12.3. The number of terminal acetylenes is 1. The van der Waals surface area contributed by atoms with Crippen molar-refractivity contribution in [1.29, 1.82) is 0 Å². The first kappa shape index (κ1) is 22.5. The van der Waals surface area contributed by atoms with Gasteiger partial charge in [-0.05, 0) is 30.8 Å². The molecule has 3 heteroatoms. The van der Waals surface area contributed by atoms with Crippen molar-refractivity contribution in [2.75, 3.05) is 0 Å². The Morgan fingerprint density at radius 3 is 2.46 bits per heavy atom. The zero-order valence-corrected chi connectivity index (χ0v) is 16.9. The van der Waals surface area contributed by atoms with Crippen LogP contribution in [0.4, 0.5) is 0 Å². The molecule has 2 unspecified atom stereocenters. The SMILES string of the molecule is C#C[C@@](C=CC1CC(=O)CC1C)(CCCCC)OC(=O)CCCCCC. The van der Waals surface area contributed by atoms with Crippen LogP contribution >= 0.6 is 0 Å². The average Bonchev–Trinajstić information content (AvgIpc) is 2.94. The van der Waals surface area contributed by atoms with Crippen molar-refractivity contribution in [2.24, 2.45) is 11.8 Å². The fourth-order valence-corrected chi connectivity index (χ4v) is 3.50. The summed E-state index contributed by atoms with van der Waals surface area (Å²) in [6, 6.07) is 0. The van der Waals surface area contributed by atoms with Gasteiger partial charge in [0.05, 0.1) is 0 Å². The van der Waals surface area contributed by atoms with Crippen LogP contribution in [0.25, 0.3) is 0 Å². The summed E-state index contributed by atoms with van der Waals surface area (Å²) < 4.78 is 5.79. The smallest absolute Gasteiger partial charge is 0.307 e. The number of carbonyl (C=O) groups excluding carboxylic acids is 2. The van der Waals surface area contributed by atoms with E-state index >= 15 is 0 Å². The number of ketones is 1. The molecule has 0 heterocycles. The van der Waals surface area contributed by atoms with Gasteiger partial charge in [-0.2, -0.15) is 0 Å². The second-order valence-corrected chi connectivity index (χ2v) is 7.72. The van der Waals surface area contributed by atoms with Gasteiger partial charge in [0.2, 0.25) is 0 Å². The molecule has 1 rings (SSSR count). The number of allylic oxidation sites excluding steroid dienone is 1. The van der Waals surface area contributed by atoms with E-state index in [-0.39, 0.29) is 11.9 Å². The summed E-state index contributed by atoms with van der Waals surface area (Å²) in [5.74, 6) is 3.36. The van der Waals surface area contributed by atoms with Crippen LogP contribution in [-0.2, 0) is 14.3 Å². The number of hydrogen-bond donors (Lipinski definition) is 0. The van der Waals surface area contributed by atoms with Crippen molar-refractivity contribution in [1.82, 2.24) is 0 Å². The van der Waals surface area contributed by atoms with Gasteiger partial charge >= 0.3 is 5.97 Å². The lowest BCUT2D eigenvalue weighted by Crippen LogP contribution is -2.32. The van der Waals surface area contributed by atoms with Gasteiger partial charge in [0.25, 0.3) is 0 Å². The number of Topliss-reactive ketones (excluding diaryl/α,β-unsaturated/α-hetero) is 1. The zero-order valence-electron chi connectivity index (χ0n) is 16.9. The highest BCUT2D eigenvalue weighted by atomic mass is 16.6. The first-order chi connectivity index (χ1) is 12.5. The van der Waals surface area contributed by atoms with Crippen molar-refractivity contribution in [3.63, 3.8) is 0 Å². The molecule has 1 aliphatic carbocycles. The monoisotopic (exact) mass is 360 g/mol. The van der Waals surface area contributed by atoms with Gasteiger partial charge in [-0.1, -0.05) is 64.9 Å². The van der Waals surface area contributed by atoms with Gasteiger partial charge in [-0.3, -0.25) is 9.59 Å². The second kappa shape index (κ2) is 11.9. The third-order valence-electron chi connectivity index (χ3n) is 5.28. The highest BCUT2D eigenvalue weighted by Crippen LogP contribution is 2.32. The highest BCUT2D eigenvalue weighted by Gasteiger charge is 2.32. The summed E-state index contributed by atoms with van der Waals surface area (Å²) in [4.78, 5) is 24.0. The molecule has 1 fully saturated rings. The third kappa shape index (κ3) is 7.77. The Balaban J connectivity index is 2.75. The van der Waals surface area contributed by atoms with Crippen molar-refractivity contribution < 1.29 is 14.3 Å². The minimum atomic E-state index is -0.970. The molecule has 0 aromatic heterocycles. The lowest BCUT2D eigenvalue weighted by molar-refractivity contribution is -0.151. The van der Waals surface area contributed by atoms with Crippen LogP contribution in [0, 0.1) is 24.2 Å². The van der Waals surface area contributed by atoms with Crippen LogP contribution in [0.1, 0.15) is 91.4 Å². The summed E-state index contributed by atoms with van der Waals surface area (Å²) in [7, 11) is 0. The number of ether oxygens (including phenoxy) is 1. The van der Waals surface area contributed by atoms with Gasteiger partial charge < -0.3 is 4.74 Å². The van der Waals surface area contributed by atoms with E-state index < -0.39 is 5.60 Å². The number of carbonyl (C=O) groups is 2. The van der Waals surface area contributed by atoms with E-state index in [0.29, 0.717) is 37.4 Å². The Morgan fingerprint density at radius 1 is 1.19 bits per heavy atom. The van der Waals surface area contributed by atoms with Gasteiger partial charge in [0.1, 0.15) is 5.78 Å². The lowest BCUT2D eigenvalue weighted by atomic mass is 9.91.